The van der Waals surface area contributed by atoms with E-state index in [9.17, 15) is 19.8 Å². The molecule has 3 N–H and O–H groups in total. The number of carbonyl (C=O) groups is 2. The Balaban J connectivity index is 3.41. The van der Waals surface area contributed by atoms with E-state index in [1.165, 1.54) is 173 Å². The molecule has 2 unspecified atom stereocenters. The van der Waals surface area contributed by atoms with Crippen LogP contribution in [0.4, 0.5) is 0 Å². The van der Waals surface area contributed by atoms with E-state index in [-0.39, 0.29) is 18.5 Å². The van der Waals surface area contributed by atoms with E-state index in [2.05, 4.69) is 19.2 Å². The molecule has 0 radical (unpaired) electrons. The predicted molar refractivity (Wildman–Crippen MR) is 227 cm³/mol. The van der Waals surface area contributed by atoms with Gasteiger partial charge in [-0.3, -0.25) is 9.59 Å². The number of carbonyl (C=O) groups excluding carboxylic acids is 2. The molecule has 2 atom stereocenters. The summed E-state index contributed by atoms with van der Waals surface area (Å²) in [4.78, 5) is 24.4. The molecule has 0 saturated carbocycles. The zero-order valence-corrected chi connectivity index (χ0v) is 35.8. The van der Waals surface area contributed by atoms with Crippen LogP contribution in [-0.4, -0.2) is 47.4 Å². The lowest BCUT2D eigenvalue weighted by Gasteiger charge is -2.22. The molecule has 6 heteroatoms. The van der Waals surface area contributed by atoms with Gasteiger partial charge >= 0.3 is 5.97 Å². The van der Waals surface area contributed by atoms with Crippen LogP contribution in [0, 0.1) is 0 Å². The van der Waals surface area contributed by atoms with Gasteiger partial charge in [0.05, 0.1) is 25.4 Å². The molecule has 53 heavy (non-hydrogen) atoms. The highest BCUT2D eigenvalue weighted by Crippen LogP contribution is 2.16. The number of hydrogen-bond donors (Lipinski definition) is 3. The minimum Gasteiger partial charge on any atom is -0.466 e. The van der Waals surface area contributed by atoms with Gasteiger partial charge in [-0.2, -0.15) is 0 Å². The molecule has 0 aromatic rings. The van der Waals surface area contributed by atoms with E-state index in [0.29, 0.717) is 25.9 Å². The second kappa shape index (κ2) is 43.6. The van der Waals surface area contributed by atoms with Crippen LogP contribution < -0.4 is 5.32 Å². The smallest absolute Gasteiger partial charge is 0.305 e. The number of ether oxygens (including phenoxy) is 1. The van der Waals surface area contributed by atoms with Crippen LogP contribution in [0.15, 0.2) is 0 Å². The summed E-state index contributed by atoms with van der Waals surface area (Å²) in [5, 5.41) is 23.0. The summed E-state index contributed by atoms with van der Waals surface area (Å²) in [6.45, 7) is 4.89. The van der Waals surface area contributed by atoms with Crippen molar-refractivity contribution in [3.05, 3.63) is 0 Å². The maximum atomic E-state index is 12.4. The lowest BCUT2D eigenvalue weighted by atomic mass is 10.0. The highest BCUT2D eigenvalue weighted by atomic mass is 16.5. The molecule has 0 aliphatic rings. The summed E-state index contributed by atoms with van der Waals surface area (Å²) in [6.07, 6.45) is 46.4. The fourth-order valence-corrected chi connectivity index (χ4v) is 7.46. The average molecular weight is 752 g/mol. The number of unbranched alkanes of at least 4 members (excludes halogenated alkanes) is 33. The van der Waals surface area contributed by atoms with Crippen molar-refractivity contribution in [3.8, 4) is 0 Å². The van der Waals surface area contributed by atoms with E-state index in [0.717, 1.165) is 57.8 Å². The van der Waals surface area contributed by atoms with Gasteiger partial charge in [0, 0.05) is 12.8 Å². The van der Waals surface area contributed by atoms with E-state index in [1.54, 1.807) is 0 Å². The van der Waals surface area contributed by atoms with Gasteiger partial charge in [-0.1, -0.05) is 226 Å². The molecule has 0 bridgehead atoms. The standard InChI is InChI=1S/C47H93NO5/c1-3-5-7-9-11-13-14-15-16-17-18-21-25-29-33-37-41-47(52)53-42-38-34-30-26-22-19-20-24-28-32-36-40-46(51)48-44(43-49)45(50)39-35-31-27-23-12-10-8-6-4-2/h44-45,49-50H,3-43H2,1-2H3,(H,48,51). The SMILES string of the molecule is CCCCCCCCCCCCCCCCCCC(=O)OCCCCCCCCCCCCCC(=O)NC(CO)C(O)CCCCCCCCCCC. The van der Waals surface area contributed by atoms with Gasteiger partial charge in [0.25, 0.3) is 0 Å². The molecule has 316 valence electrons. The number of nitrogens with one attached hydrogen (secondary N) is 1. The molecule has 0 aromatic carbocycles. The summed E-state index contributed by atoms with van der Waals surface area (Å²) in [5.41, 5.74) is 0. The third-order valence-corrected chi connectivity index (χ3v) is 11.2. The Labute approximate surface area is 330 Å². The molecule has 0 rings (SSSR count). The maximum Gasteiger partial charge on any atom is 0.305 e. The zero-order valence-electron chi connectivity index (χ0n) is 35.8. The summed E-state index contributed by atoms with van der Waals surface area (Å²) in [6, 6.07) is -0.551. The number of esters is 1. The number of rotatable bonds is 44. The van der Waals surface area contributed by atoms with Crippen molar-refractivity contribution in [3.63, 3.8) is 0 Å². The first kappa shape index (κ1) is 51.9. The zero-order chi connectivity index (χ0) is 38.7. The molecule has 0 aromatic heterocycles. The van der Waals surface area contributed by atoms with E-state index < -0.39 is 12.1 Å². The third-order valence-electron chi connectivity index (χ3n) is 11.2. The first-order chi connectivity index (χ1) is 26.0. The maximum absolute atomic E-state index is 12.4. The van der Waals surface area contributed by atoms with Crippen molar-refractivity contribution in [1.82, 2.24) is 5.32 Å². The van der Waals surface area contributed by atoms with Crippen LogP contribution in [0.5, 0.6) is 0 Å². The van der Waals surface area contributed by atoms with Gasteiger partial charge in [0.2, 0.25) is 5.91 Å². The largest absolute Gasteiger partial charge is 0.466 e. The summed E-state index contributed by atoms with van der Waals surface area (Å²) in [7, 11) is 0. The number of amides is 1. The predicted octanol–water partition coefficient (Wildman–Crippen LogP) is 13.6. The van der Waals surface area contributed by atoms with Crippen LogP contribution in [0.25, 0.3) is 0 Å². The third kappa shape index (κ3) is 40.3. The van der Waals surface area contributed by atoms with Crippen molar-refractivity contribution >= 4 is 11.9 Å². The molecule has 1 amide bonds. The first-order valence-electron chi connectivity index (χ1n) is 23.8. The monoisotopic (exact) mass is 752 g/mol. The molecule has 0 aliphatic carbocycles. The van der Waals surface area contributed by atoms with Crippen molar-refractivity contribution in [2.45, 2.75) is 276 Å². The van der Waals surface area contributed by atoms with Crippen molar-refractivity contribution < 1.29 is 24.5 Å². The van der Waals surface area contributed by atoms with Gasteiger partial charge in [0.1, 0.15) is 0 Å². The Morgan fingerprint density at radius 3 is 1.15 bits per heavy atom. The average Bonchev–Trinajstić information content (AvgIpc) is 3.16. The van der Waals surface area contributed by atoms with Crippen molar-refractivity contribution in [1.29, 1.82) is 0 Å². The van der Waals surface area contributed by atoms with Crippen LogP contribution >= 0.6 is 0 Å². The fourth-order valence-electron chi connectivity index (χ4n) is 7.46. The molecule has 6 nitrogen and oxygen atoms in total. The Morgan fingerprint density at radius 1 is 0.453 bits per heavy atom. The number of hydrogen-bond acceptors (Lipinski definition) is 5. The molecular formula is C47H93NO5. The second-order valence-corrected chi connectivity index (χ2v) is 16.5. The minimum atomic E-state index is -0.672. The van der Waals surface area contributed by atoms with Gasteiger partial charge in [0.15, 0.2) is 0 Å². The van der Waals surface area contributed by atoms with Crippen molar-refractivity contribution in [2.24, 2.45) is 0 Å². The van der Waals surface area contributed by atoms with Gasteiger partial charge < -0.3 is 20.3 Å². The minimum absolute atomic E-state index is 0.0104. The highest BCUT2D eigenvalue weighted by molar-refractivity contribution is 5.76. The van der Waals surface area contributed by atoms with E-state index >= 15 is 0 Å². The normalized spacial score (nSPS) is 12.6. The Kier molecular flexibility index (Phi) is 42.6. The Hall–Kier alpha value is -1.14. The van der Waals surface area contributed by atoms with Crippen LogP contribution in [0.3, 0.4) is 0 Å². The van der Waals surface area contributed by atoms with Crippen LogP contribution in [0.2, 0.25) is 0 Å². The lowest BCUT2D eigenvalue weighted by Crippen LogP contribution is -2.45. The molecule has 0 fully saturated rings. The summed E-state index contributed by atoms with van der Waals surface area (Å²) in [5.74, 6) is -0.0657. The Morgan fingerprint density at radius 2 is 0.774 bits per heavy atom. The van der Waals surface area contributed by atoms with Crippen LogP contribution in [-0.2, 0) is 14.3 Å². The molecule has 0 spiro atoms. The first-order valence-corrected chi connectivity index (χ1v) is 23.8. The van der Waals surface area contributed by atoms with Gasteiger partial charge in [-0.05, 0) is 25.7 Å². The van der Waals surface area contributed by atoms with E-state index in [1.807, 2.05) is 0 Å². The molecule has 0 saturated heterocycles. The molecule has 0 aliphatic heterocycles. The fraction of sp³-hybridized carbons (Fsp3) is 0.957. The summed E-state index contributed by atoms with van der Waals surface area (Å²) < 4.78 is 5.46. The summed E-state index contributed by atoms with van der Waals surface area (Å²) >= 11 is 0. The van der Waals surface area contributed by atoms with Gasteiger partial charge in [-0.15, -0.1) is 0 Å². The molecule has 0 heterocycles. The highest BCUT2D eigenvalue weighted by Gasteiger charge is 2.20. The lowest BCUT2D eigenvalue weighted by molar-refractivity contribution is -0.143. The number of aliphatic hydroxyl groups is 2. The Bertz CT molecular complexity index is 746. The topological polar surface area (TPSA) is 95.9 Å². The van der Waals surface area contributed by atoms with Gasteiger partial charge in [-0.25, -0.2) is 0 Å². The second-order valence-electron chi connectivity index (χ2n) is 16.5. The van der Waals surface area contributed by atoms with Crippen molar-refractivity contribution in [2.75, 3.05) is 13.2 Å². The molecular weight excluding hydrogens is 659 g/mol. The number of aliphatic hydroxyl groups excluding tert-OH is 2. The van der Waals surface area contributed by atoms with Crippen LogP contribution in [0.1, 0.15) is 264 Å². The van der Waals surface area contributed by atoms with E-state index in [4.69, 9.17) is 4.74 Å². The quantitative estimate of drug-likeness (QED) is 0.0425.